The maximum Gasteiger partial charge on any atom is 0.407 e. The van der Waals surface area contributed by atoms with E-state index in [1.807, 2.05) is 55.5 Å². The first-order valence-electron chi connectivity index (χ1n) is 18.3. The zero-order valence-electron chi connectivity index (χ0n) is 30.1. The fraction of sp³-hybridized carbons (Fsp3) is 0.318. The number of carbonyl (C=O) groups excluding carboxylic acids is 3. The Balaban J connectivity index is 0.985. The molecule has 3 aliphatic carbocycles. The molecule has 0 aliphatic heterocycles. The number of aromatic hydroxyl groups is 1. The smallest absolute Gasteiger partial charge is 0.407 e. The first-order chi connectivity index (χ1) is 25.6. The van der Waals surface area contributed by atoms with Crippen molar-refractivity contribution in [2.75, 3.05) is 13.2 Å². The molecular formula is C44H44N2O7. The van der Waals surface area contributed by atoms with Crippen LogP contribution >= 0.6 is 0 Å². The molecule has 1 aromatic heterocycles. The maximum atomic E-state index is 14.1. The number of ketones is 1. The summed E-state index contributed by atoms with van der Waals surface area (Å²) in [5.74, 6) is -0.762. The first-order valence-corrected chi connectivity index (χ1v) is 18.3. The Morgan fingerprint density at radius 3 is 2.30 bits per heavy atom. The molecule has 1 heterocycles. The van der Waals surface area contributed by atoms with Gasteiger partial charge in [-0.3, -0.25) is 9.59 Å². The lowest BCUT2D eigenvalue weighted by atomic mass is 9.59. The molecule has 1 fully saturated rings. The number of hydrogen-bond donors (Lipinski definition) is 3. The van der Waals surface area contributed by atoms with Gasteiger partial charge in [-0.05, 0) is 90.3 Å². The predicted octanol–water partition coefficient (Wildman–Crippen LogP) is 8.20. The van der Waals surface area contributed by atoms with Gasteiger partial charge < -0.3 is 24.9 Å². The minimum atomic E-state index is -0.734. The third kappa shape index (κ3) is 7.08. The summed E-state index contributed by atoms with van der Waals surface area (Å²) in [5.41, 5.74) is 5.46. The molecule has 0 spiro atoms. The molecule has 272 valence electrons. The van der Waals surface area contributed by atoms with Crippen molar-refractivity contribution in [2.24, 2.45) is 29.6 Å². The third-order valence-corrected chi connectivity index (χ3v) is 11.2. The molecule has 9 nitrogen and oxygen atoms in total. The van der Waals surface area contributed by atoms with Crippen molar-refractivity contribution >= 4 is 17.8 Å². The summed E-state index contributed by atoms with van der Waals surface area (Å²) >= 11 is 0. The van der Waals surface area contributed by atoms with Crippen molar-refractivity contribution in [2.45, 2.75) is 46.0 Å². The van der Waals surface area contributed by atoms with Crippen LogP contribution in [-0.4, -0.2) is 41.1 Å². The van der Waals surface area contributed by atoms with Crippen LogP contribution in [-0.2, 0) is 9.53 Å². The number of Topliss-reactive ketones (excluding diaryl/α,β-unsaturated/α-hetero) is 1. The van der Waals surface area contributed by atoms with E-state index in [1.54, 1.807) is 12.1 Å². The standard InChI is InChI=1S/C44H44N2O7/c1-4-9-30-35-20-25(2)14-19-29(35)26(3)21-36(30)41(48)40-42(49)37(22-45-43(40)50)27-15-17-28(18-16-27)53-39(47)23-46-44(51)52-24-38-33-12-7-5-10-31(33)32-11-6-8-13-34(32)38/h4-13,15-18,21-22,25,29-30,35-36,38H,14,19-20,23-24H2,1-3H3,(H,46,51)(H2,45,49,50)/b9-4+/t25-,29+,30+,35-,36+/m0/s1. The van der Waals surface area contributed by atoms with Crippen molar-refractivity contribution in [3.8, 4) is 33.8 Å². The van der Waals surface area contributed by atoms with E-state index in [9.17, 15) is 24.3 Å². The molecule has 53 heavy (non-hydrogen) atoms. The summed E-state index contributed by atoms with van der Waals surface area (Å²) in [7, 11) is 0. The van der Waals surface area contributed by atoms with Gasteiger partial charge in [0.1, 0.15) is 30.2 Å². The van der Waals surface area contributed by atoms with Crippen molar-refractivity contribution in [1.82, 2.24) is 10.3 Å². The van der Waals surface area contributed by atoms with Gasteiger partial charge in [0, 0.05) is 23.6 Å². The Labute approximate surface area is 308 Å². The van der Waals surface area contributed by atoms with E-state index in [0.29, 0.717) is 23.3 Å². The van der Waals surface area contributed by atoms with Crippen LogP contribution in [0.1, 0.15) is 67.4 Å². The highest BCUT2D eigenvalue weighted by Crippen LogP contribution is 2.49. The Kier molecular flexibility index (Phi) is 10.2. The molecule has 1 amide bonds. The van der Waals surface area contributed by atoms with Crippen LogP contribution in [0.25, 0.3) is 22.3 Å². The van der Waals surface area contributed by atoms with E-state index in [2.05, 4.69) is 42.4 Å². The van der Waals surface area contributed by atoms with Gasteiger partial charge in [-0.25, -0.2) is 9.59 Å². The van der Waals surface area contributed by atoms with Gasteiger partial charge in [-0.15, -0.1) is 0 Å². The largest absolute Gasteiger partial charge is 0.506 e. The molecule has 3 aromatic carbocycles. The van der Waals surface area contributed by atoms with E-state index in [1.165, 1.54) is 23.9 Å². The molecule has 0 saturated heterocycles. The van der Waals surface area contributed by atoms with Gasteiger partial charge in [0.2, 0.25) is 0 Å². The molecule has 7 rings (SSSR count). The number of rotatable bonds is 9. The lowest BCUT2D eigenvalue weighted by Gasteiger charge is -2.45. The number of alkyl carbamates (subject to hydrolysis) is 1. The third-order valence-electron chi connectivity index (χ3n) is 11.2. The minimum absolute atomic E-state index is 0.0704. The monoisotopic (exact) mass is 712 g/mol. The lowest BCUT2D eigenvalue weighted by molar-refractivity contribution is -0.133. The molecular weight excluding hydrogens is 668 g/mol. The number of hydrogen-bond acceptors (Lipinski definition) is 7. The number of aromatic amines is 1. The van der Waals surface area contributed by atoms with Crippen LogP contribution in [0.3, 0.4) is 0 Å². The number of carbonyl (C=O) groups is 3. The molecule has 1 saturated carbocycles. The Morgan fingerprint density at radius 2 is 1.62 bits per heavy atom. The van der Waals surface area contributed by atoms with Crippen LogP contribution in [0.5, 0.6) is 11.5 Å². The Hall–Kier alpha value is -5.70. The number of esters is 1. The summed E-state index contributed by atoms with van der Waals surface area (Å²) in [6.45, 7) is 5.99. The number of benzene rings is 3. The Morgan fingerprint density at radius 1 is 0.943 bits per heavy atom. The highest BCUT2D eigenvalue weighted by Gasteiger charge is 2.44. The van der Waals surface area contributed by atoms with E-state index < -0.39 is 35.9 Å². The Bertz CT molecular complexity index is 2120. The van der Waals surface area contributed by atoms with Crippen LogP contribution in [0.15, 0.2) is 108 Å². The molecule has 3 N–H and O–H groups in total. The normalized spacial score (nSPS) is 21.9. The van der Waals surface area contributed by atoms with Gasteiger partial charge in [-0.1, -0.05) is 97.8 Å². The fourth-order valence-corrected chi connectivity index (χ4v) is 8.73. The topological polar surface area (TPSA) is 135 Å². The number of allylic oxidation sites excluding steroid dienone is 4. The van der Waals surface area contributed by atoms with Gasteiger partial charge in [0.15, 0.2) is 5.78 Å². The second-order valence-electron chi connectivity index (χ2n) is 14.5. The SMILES string of the molecule is C/C=C/[C@@H]1[C@H]2C[C@@H](C)CC[C@@H]2C(C)=C[C@H]1C(=O)c1c(O)c(-c2ccc(OC(=O)CNC(=O)OCC3c4ccccc4-c4ccccc43)cc2)c[nH]c1=O. The zero-order valence-corrected chi connectivity index (χ0v) is 30.1. The number of H-pyrrole nitrogens is 1. The number of nitrogens with one attached hydrogen (secondary N) is 2. The highest BCUT2D eigenvalue weighted by atomic mass is 16.6. The summed E-state index contributed by atoms with van der Waals surface area (Å²) < 4.78 is 10.9. The molecule has 0 bridgehead atoms. The average Bonchev–Trinajstić information content (AvgIpc) is 3.48. The van der Waals surface area contributed by atoms with Crippen LogP contribution in [0.4, 0.5) is 4.79 Å². The number of pyridine rings is 1. The summed E-state index contributed by atoms with van der Waals surface area (Å²) in [6, 6.07) is 22.4. The maximum absolute atomic E-state index is 14.1. The summed E-state index contributed by atoms with van der Waals surface area (Å²) in [6.07, 6.45) is 9.96. The second-order valence-corrected chi connectivity index (χ2v) is 14.5. The lowest BCUT2D eigenvalue weighted by Crippen LogP contribution is -2.40. The van der Waals surface area contributed by atoms with Crippen molar-refractivity contribution < 1.29 is 29.0 Å². The van der Waals surface area contributed by atoms with Crippen LogP contribution in [0.2, 0.25) is 0 Å². The van der Waals surface area contributed by atoms with Crippen molar-refractivity contribution in [3.63, 3.8) is 0 Å². The number of amides is 1. The summed E-state index contributed by atoms with van der Waals surface area (Å²) in [5, 5.41) is 13.9. The van der Waals surface area contributed by atoms with E-state index >= 15 is 0 Å². The molecule has 3 aliphatic rings. The quantitative estimate of drug-likeness (QED) is 0.0689. The van der Waals surface area contributed by atoms with Gasteiger partial charge in [0.05, 0.1) is 0 Å². The van der Waals surface area contributed by atoms with Gasteiger partial charge >= 0.3 is 12.1 Å². The number of aromatic nitrogens is 1. The number of ether oxygens (including phenoxy) is 2. The molecule has 9 heteroatoms. The number of fused-ring (bicyclic) bond motifs is 4. The zero-order chi connectivity index (χ0) is 37.2. The van der Waals surface area contributed by atoms with Crippen LogP contribution < -0.4 is 15.6 Å². The molecule has 0 radical (unpaired) electrons. The average molecular weight is 713 g/mol. The second kappa shape index (κ2) is 15.1. The van der Waals surface area contributed by atoms with Crippen molar-refractivity contribution in [1.29, 1.82) is 0 Å². The molecule has 5 atom stereocenters. The van der Waals surface area contributed by atoms with Crippen LogP contribution in [0, 0.1) is 29.6 Å². The van der Waals surface area contributed by atoms with E-state index in [4.69, 9.17) is 9.47 Å². The minimum Gasteiger partial charge on any atom is -0.506 e. The fourth-order valence-electron chi connectivity index (χ4n) is 8.73. The molecule has 4 aromatic rings. The van der Waals surface area contributed by atoms with E-state index in [-0.39, 0.29) is 41.1 Å². The first kappa shape index (κ1) is 35.7. The predicted molar refractivity (Wildman–Crippen MR) is 203 cm³/mol. The van der Waals surface area contributed by atoms with E-state index in [0.717, 1.165) is 41.5 Å². The summed E-state index contributed by atoms with van der Waals surface area (Å²) in [4.78, 5) is 55.0. The van der Waals surface area contributed by atoms with Gasteiger partial charge in [0.25, 0.3) is 5.56 Å². The van der Waals surface area contributed by atoms with Crippen molar-refractivity contribution in [3.05, 3.63) is 130 Å². The molecule has 0 unspecified atom stereocenters. The highest BCUT2D eigenvalue weighted by molar-refractivity contribution is 6.03. The van der Waals surface area contributed by atoms with Gasteiger partial charge in [-0.2, -0.15) is 0 Å².